The van der Waals surface area contributed by atoms with Gasteiger partial charge in [0.25, 0.3) is 0 Å². The molecule has 0 saturated carbocycles. The summed E-state index contributed by atoms with van der Waals surface area (Å²) < 4.78 is 40.8. The van der Waals surface area contributed by atoms with Crippen LogP contribution in [-0.4, -0.2) is 32.0 Å². The van der Waals surface area contributed by atoms with Gasteiger partial charge in [0.15, 0.2) is 11.5 Å². The Balaban J connectivity index is 1.84. The van der Waals surface area contributed by atoms with Gasteiger partial charge in [-0.15, -0.1) is 0 Å². The molecule has 0 spiro atoms. The van der Waals surface area contributed by atoms with E-state index in [1.165, 1.54) is 45.4 Å². The fourth-order valence-electron chi connectivity index (χ4n) is 3.91. The zero-order chi connectivity index (χ0) is 24.4. The van der Waals surface area contributed by atoms with Crippen molar-refractivity contribution in [2.45, 2.75) is 19.3 Å². The third kappa shape index (κ3) is 4.34. The maximum absolute atomic E-state index is 13.6. The number of halogens is 1. The molecule has 3 aromatic rings. The number of aromatic hydroxyl groups is 1. The second-order valence-corrected chi connectivity index (χ2v) is 7.52. The Morgan fingerprint density at radius 2 is 1.94 bits per heavy atom. The highest BCUT2D eigenvalue weighted by atomic mass is 19.1. The van der Waals surface area contributed by atoms with Gasteiger partial charge in [-0.1, -0.05) is 6.07 Å². The molecule has 1 aromatic heterocycles. The first-order valence-corrected chi connectivity index (χ1v) is 10.3. The van der Waals surface area contributed by atoms with Crippen molar-refractivity contribution in [3.63, 3.8) is 0 Å². The van der Waals surface area contributed by atoms with E-state index in [0.29, 0.717) is 11.3 Å². The van der Waals surface area contributed by atoms with E-state index >= 15 is 0 Å². The lowest BCUT2D eigenvalue weighted by Gasteiger charge is -2.22. The number of nitrogens with one attached hydrogen (secondary N) is 1. The van der Waals surface area contributed by atoms with Crippen molar-refractivity contribution in [1.82, 2.24) is 0 Å². The molecular formula is C24H22FNO8. The number of hydrogen-bond acceptors (Lipinski definition) is 8. The Morgan fingerprint density at radius 1 is 1.18 bits per heavy atom. The summed E-state index contributed by atoms with van der Waals surface area (Å²) in [5.41, 5.74) is -0.414. The van der Waals surface area contributed by atoms with Crippen LogP contribution in [0, 0.1) is 12.7 Å². The Labute approximate surface area is 193 Å². The van der Waals surface area contributed by atoms with Crippen LogP contribution < -0.4 is 29.9 Å². The summed E-state index contributed by atoms with van der Waals surface area (Å²) in [4.78, 5) is 25.8. The number of ether oxygens (including phenoxy) is 4. The van der Waals surface area contributed by atoms with E-state index in [2.05, 4.69) is 5.32 Å². The van der Waals surface area contributed by atoms with Crippen molar-refractivity contribution >= 4 is 11.6 Å². The van der Waals surface area contributed by atoms with Gasteiger partial charge in [0, 0.05) is 29.7 Å². The van der Waals surface area contributed by atoms with Crippen molar-refractivity contribution in [1.29, 1.82) is 0 Å². The molecule has 1 amide bonds. The number of rotatable bonds is 7. The Kier molecular flexibility index (Phi) is 6.31. The molecule has 2 heterocycles. The minimum absolute atomic E-state index is 0.0752. The number of fused-ring (bicyclic) bond motifs is 1. The second-order valence-electron chi connectivity index (χ2n) is 7.52. The van der Waals surface area contributed by atoms with Crippen LogP contribution in [0.15, 0.2) is 45.6 Å². The predicted molar refractivity (Wildman–Crippen MR) is 119 cm³/mol. The molecule has 0 aliphatic carbocycles. The number of anilines is 1. The lowest BCUT2D eigenvalue weighted by Crippen LogP contribution is -2.21. The standard InChI is InChI=1S/C24H22FNO8/c1-12-7-17(27)20(24(29)34-12)15(10-19(28)26-14-6-4-5-13(25)8-14)16-9-18(30-2)22-23(21(16)31-3)33-11-32-22/h4-9,15,27H,10-11H2,1-3H3,(H,26,28)/t15-/m0/s1. The summed E-state index contributed by atoms with van der Waals surface area (Å²) in [7, 11) is 2.82. The van der Waals surface area contributed by atoms with Gasteiger partial charge in [0.05, 0.1) is 19.8 Å². The molecular weight excluding hydrogens is 449 g/mol. The zero-order valence-corrected chi connectivity index (χ0v) is 18.6. The molecule has 0 bridgehead atoms. The maximum Gasteiger partial charge on any atom is 0.343 e. The third-order valence-corrected chi connectivity index (χ3v) is 5.33. The minimum atomic E-state index is -1.04. The van der Waals surface area contributed by atoms with E-state index in [9.17, 15) is 19.1 Å². The van der Waals surface area contributed by atoms with Gasteiger partial charge in [-0.2, -0.15) is 0 Å². The minimum Gasteiger partial charge on any atom is -0.507 e. The third-order valence-electron chi connectivity index (χ3n) is 5.33. The Bertz CT molecular complexity index is 1300. The van der Waals surface area contributed by atoms with Crippen LogP contribution in [0.4, 0.5) is 10.1 Å². The smallest absolute Gasteiger partial charge is 0.343 e. The van der Waals surface area contributed by atoms with Gasteiger partial charge in [-0.05, 0) is 31.2 Å². The van der Waals surface area contributed by atoms with Crippen molar-refractivity contribution < 1.29 is 37.7 Å². The van der Waals surface area contributed by atoms with E-state index in [4.69, 9.17) is 23.4 Å². The lowest BCUT2D eigenvalue weighted by atomic mass is 9.87. The van der Waals surface area contributed by atoms with E-state index in [1.807, 2.05) is 0 Å². The van der Waals surface area contributed by atoms with Crippen molar-refractivity contribution in [2.24, 2.45) is 0 Å². The molecule has 10 heteroatoms. The molecule has 178 valence electrons. The van der Waals surface area contributed by atoms with Crippen LogP contribution in [0.1, 0.15) is 29.2 Å². The van der Waals surface area contributed by atoms with Crippen LogP contribution in [0.25, 0.3) is 0 Å². The van der Waals surface area contributed by atoms with Crippen molar-refractivity contribution in [3.05, 3.63) is 69.5 Å². The summed E-state index contributed by atoms with van der Waals surface area (Å²) in [5.74, 6) is -1.22. The molecule has 1 atom stereocenters. The average molecular weight is 471 g/mol. The van der Waals surface area contributed by atoms with E-state index in [-0.39, 0.29) is 53.2 Å². The molecule has 0 fully saturated rings. The van der Waals surface area contributed by atoms with Gasteiger partial charge < -0.3 is 33.8 Å². The molecule has 1 aliphatic rings. The highest BCUT2D eigenvalue weighted by molar-refractivity contribution is 5.91. The summed E-state index contributed by atoms with van der Waals surface area (Å²) in [6, 6.07) is 8.22. The van der Waals surface area contributed by atoms with E-state index in [1.54, 1.807) is 6.07 Å². The first-order valence-electron chi connectivity index (χ1n) is 10.3. The summed E-state index contributed by atoms with van der Waals surface area (Å²) in [6.45, 7) is 1.44. The molecule has 2 N–H and O–H groups in total. The first-order chi connectivity index (χ1) is 16.3. The molecule has 0 unspecified atom stereocenters. The van der Waals surface area contributed by atoms with Crippen LogP contribution in [0.5, 0.6) is 28.7 Å². The van der Waals surface area contributed by atoms with Gasteiger partial charge in [-0.25, -0.2) is 9.18 Å². The number of hydrogen-bond donors (Lipinski definition) is 2. The van der Waals surface area contributed by atoms with Gasteiger partial charge in [0.2, 0.25) is 24.2 Å². The van der Waals surface area contributed by atoms with E-state index in [0.717, 1.165) is 6.07 Å². The average Bonchev–Trinajstić information content (AvgIpc) is 3.26. The number of methoxy groups -OCH3 is 2. The fourth-order valence-corrected chi connectivity index (χ4v) is 3.91. The summed E-state index contributed by atoms with van der Waals surface area (Å²) >= 11 is 0. The van der Waals surface area contributed by atoms with Gasteiger partial charge >= 0.3 is 5.63 Å². The molecule has 9 nitrogen and oxygen atoms in total. The van der Waals surface area contributed by atoms with Crippen LogP contribution in [0.2, 0.25) is 0 Å². The SMILES string of the molecule is COc1cc([C@H](CC(=O)Nc2cccc(F)c2)c2c(O)cc(C)oc2=O)c(OC)c2c1OCO2. The molecule has 4 rings (SSSR count). The topological polar surface area (TPSA) is 116 Å². The van der Waals surface area contributed by atoms with Crippen LogP contribution >= 0.6 is 0 Å². The van der Waals surface area contributed by atoms with Gasteiger partial charge in [-0.3, -0.25) is 4.79 Å². The van der Waals surface area contributed by atoms with Crippen LogP contribution in [-0.2, 0) is 4.79 Å². The number of aryl methyl sites for hydroxylation is 1. The van der Waals surface area contributed by atoms with Crippen molar-refractivity contribution in [3.8, 4) is 28.7 Å². The molecule has 34 heavy (non-hydrogen) atoms. The number of carbonyl (C=O) groups excluding carboxylic acids is 1. The Hall–Kier alpha value is -4.21. The largest absolute Gasteiger partial charge is 0.507 e. The quantitative estimate of drug-likeness (QED) is 0.536. The lowest BCUT2D eigenvalue weighted by molar-refractivity contribution is -0.116. The number of amides is 1. The zero-order valence-electron chi connectivity index (χ0n) is 18.6. The molecule has 1 aliphatic heterocycles. The number of carbonyl (C=O) groups is 1. The Morgan fingerprint density at radius 3 is 2.62 bits per heavy atom. The number of benzene rings is 2. The molecule has 2 aromatic carbocycles. The molecule has 0 saturated heterocycles. The second kappa shape index (κ2) is 9.34. The fraction of sp³-hybridized carbons (Fsp3) is 0.250. The normalized spacial score (nSPS) is 12.8. The highest BCUT2D eigenvalue weighted by Gasteiger charge is 2.34. The van der Waals surface area contributed by atoms with Gasteiger partial charge in [0.1, 0.15) is 17.3 Å². The van der Waals surface area contributed by atoms with Crippen LogP contribution in [0.3, 0.4) is 0 Å². The monoisotopic (exact) mass is 471 g/mol. The first kappa shape index (κ1) is 23.0. The molecule has 0 radical (unpaired) electrons. The summed E-state index contributed by atoms with van der Waals surface area (Å²) in [5, 5.41) is 13.3. The predicted octanol–water partition coefficient (Wildman–Crippen LogP) is 3.70. The summed E-state index contributed by atoms with van der Waals surface area (Å²) in [6.07, 6.45) is -0.322. The van der Waals surface area contributed by atoms with E-state index < -0.39 is 23.3 Å². The van der Waals surface area contributed by atoms with Crippen molar-refractivity contribution in [2.75, 3.05) is 26.3 Å². The highest BCUT2D eigenvalue weighted by Crippen LogP contribution is 2.52. The maximum atomic E-state index is 13.6.